The van der Waals surface area contributed by atoms with Gasteiger partial charge in [0.15, 0.2) is 17.3 Å². The van der Waals surface area contributed by atoms with Crippen molar-refractivity contribution in [2.24, 2.45) is 7.05 Å². The molecule has 0 saturated carbocycles. The summed E-state index contributed by atoms with van der Waals surface area (Å²) in [6.07, 6.45) is 2.70. The molecule has 3 heterocycles. The van der Waals surface area contributed by atoms with Gasteiger partial charge in [0, 0.05) is 43.2 Å². The second kappa shape index (κ2) is 9.10. The molecule has 0 unspecified atom stereocenters. The Morgan fingerprint density at radius 3 is 2.33 bits per heavy atom. The van der Waals surface area contributed by atoms with E-state index >= 15 is 0 Å². The molecule has 2 aromatic heterocycles. The highest BCUT2D eigenvalue weighted by atomic mass is 16.5. The van der Waals surface area contributed by atoms with Crippen LogP contribution in [0.25, 0.3) is 21.8 Å². The fraction of sp³-hybridized carbons (Fsp3) is 0.346. The van der Waals surface area contributed by atoms with Gasteiger partial charge in [-0.15, -0.1) is 0 Å². The van der Waals surface area contributed by atoms with Gasteiger partial charge in [0.2, 0.25) is 0 Å². The molecule has 4 aromatic rings. The van der Waals surface area contributed by atoms with Gasteiger partial charge < -0.3 is 14.4 Å². The van der Waals surface area contributed by atoms with Gasteiger partial charge in [-0.1, -0.05) is 0 Å². The number of piperidine rings is 1. The van der Waals surface area contributed by atoms with E-state index in [4.69, 9.17) is 9.47 Å². The zero-order valence-corrected chi connectivity index (χ0v) is 20.6. The summed E-state index contributed by atoms with van der Waals surface area (Å²) < 4.78 is 13.7. The molecule has 1 saturated heterocycles. The number of methoxy groups -OCH3 is 2. The molecule has 0 N–H and O–H groups in total. The first-order chi connectivity index (χ1) is 17.3. The minimum atomic E-state index is -0.362. The number of benzene rings is 2. The van der Waals surface area contributed by atoms with Crippen molar-refractivity contribution in [3.8, 4) is 11.5 Å². The van der Waals surface area contributed by atoms with E-state index < -0.39 is 0 Å². The molecule has 1 aliphatic rings. The van der Waals surface area contributed by atoms with Crippen molar-refractivity contribution in [2.75, 3.05) is 32.2 Å². The molecule has 1 fully saturated rings. The molecule has 10 heteroatoms. The summed E-state index contributed by atoms with van der Waals surface area (Å²) in [6, 6.07) is 8.31. The van der Waals surface area contributed by atoms with Gasteiger partial charge in [-0.3, -0.25) is 18.7 Å². The van der Waals surface area contributed by atoms with Gasteiger partial charge in [-0.25, -0.2) is 14.8 Å². The van der Waals surface area contributed by atoms with Crippen LogP contribution in [0.1, 0.15) is 36.2 Å². The average Bonchev–Trinajstić information content (AvgIpc) is 2.90. The molecule has 0 aliphatic carbocycles. The molecule has 0 atom stereocenters. The summed E-state index contributed by atoms with van der Waals surface area (Å²) in [7, 11) is 4.81. The lowest BCUT2D eigenvalue weighted by molar-refractivity contribution is 0.101. The molecule has 0 bridgehead atoms. The Labute approximate surface area is 206 Å². The van der Waals surface area contributed by atoms with E-state index in [9.17, 15) is 14.4 Å². The molecule has 0 amide bonds. The largest absolute Gasteiger partial charge is 0.493 e. The molecule has 10 nitrogen and oxygen atoms in total. The van der Waals surface area contributed by atoms with Crippen molar-refractivity contribution < 1.29 is 14.3 Å². The smallest absolute Gasteiger partial charge is 0.331 e. The summed E-state index contributed by atoms with van der Waals surface area (Å²) in [5, 5.41) is 1.21. The number of rotatable bonds is 5. The third-order valence-corrected chi connectivity index (χ3v) is 6.96. The fourth-order valence-electron chi connectivity index (χ4n) is 4.98. The maximum absolute atomic E-state index is 13.4. The number of ether oxygens (including phenoxy) is 2. The van der Waals surface area contributed by atoms with Crippen molar-refractivity contribution in [1.82, 2.24) is 19.1 Å². The molecule has 36 heavy (non-hydrogen) atoms. The first kappa shape index (κ1) is 23.5. The van der Waals surface area contributed by atoms with Gasteiger partial charge in [0.25, 0.3) is 5.56 Å². The molecule has 1 aliphatic heterocycles. The first-order valence-electron chi connectivity index (χ1n) is 11.7. The zero-order chi connectivity index (χ0) is 25.6. The Kier molecular flexibility index (Phi) is 5.95. The Balaban J connectivity index is 1.49. The van der Waals surface area contributed by atoms with Crippen LogP contribution in [0, 0.1) is 0 Å². The van der Waals surface area contributed by atoms with E-state index in [2.05, 4.69) is 14.9 Å². The van der Waals surface area contributed by atoms with Crippen LogP contribution in [0.5, 0.6) is 11.5 Å². The highest BCUT2D eigenvalue weighted by Crippen LogP contribution is 2.36. The van der Waals surface area contributed by atoms with E-state index in [-0.39, 0.29) is 23.1 Å². The Morgan fingerprint density at radius 2 is 1.67 bits per heavy atom. The van der Waals surface area contributed by atoms with Crippen molar-refractivity contribution >= 4 is 33.4 Å². The molecular weight excluding hydrogens is 462 g/mol. The van der Waals surface area contributed by atoms with Crippen molar-refractivity contribution in [1.29, 1.82) is 0 Å². The van der Waals surface area contributed by atoms with E-state index in [1.165, 1.54) is 22.4 Å². The first-order valence-corrected chi connectivity index (χ1v) is 11.7. The fourth-order valence-corrected chi connectivity index (χ4v) is 4.98. The maximum Gasteiger partial charge on any atom is 0.331 e. The molecule has 2 aromatic carbocycles. The van der Waals surface area contributed by atoms with Gasteiger partial charge in [-0.2, -0.15) is 0 Å². The molecule has 0 spiro atoms. The van der Waals surface area contributed by atoms with Gasteiger partial charge in [0.05, 0.1) is 30.6 Å². The number of Topliss-reactive ketones (excluding diaryl/α,β-unsaturated/α-hetero) is 1. The summed E-state index contributed by atoms with van der Waals surface area (Å²) in [4.78, 5) is 49.5. The molecular formula is C26H27N5O5. The van der Waals surface area contributed by atoms with E-state index in [0.717, 1.165) is 16.7 Å². The van der Waals surface area contributed by atoms with Crippen molar-refractivity contribution in [3.05, 3.63) is 63.1 Å². The number of hydrogen-bond acceptors (Lipinski definition) is 8. The lowest BCUT2D eigenvalue weighted by Crippen LogP contribution is -2.45. The Morgan fingerprint density at radius 1 is 0.972 bits per heavy atom. The SMILES string of the molecule is COc1cc2ncnc(N3CCC(n4c(=O)c5cc(C(C)=O)ccc5n(C)c4=O)CC3)c2cc1OC. The summed E-state index contributed by atoms with van der Waals surface area (Å²) >= 11 is 0. The number of anilines is 1. The number of nitrogens with zero attached hydrogens (tertiary/aromatic N) is 5. The summed E-state index contributed by atoms with van der Waals surface area (Å²) in [6.45, 7) is 2.67. The number of hydrogen-bond donors (Lipinski definition) is 0. The second-order valence-electron chi connectivity index (χ2n) is 8.94. The minimum Gasteiger partial charge on any atom is -0.493 e. The third-order valence-electron chi connectivity index (χ3n) is 6.96. The van der Waals surface area contributed by atoms with Gasteiger partial charge in [0.1, 0.15) is 12.1 Å². The Bertz CT molecular complexity index is 1620. The quantitative estimate of drug-likeness (QED) is 0.394. The molecule has 0 radical (unpaired) electrons. The average molecular weight is 490 g/mol. The van der Waals surface area contributed by atoms with Crippen LogP contribution < -0.4 is 25.6 Å². The number of aryl methyl sites for hydroxylation is 1. The van der Waals surface area contributed by atoms with Crippen LogP contribution in [0.4, 0.5) is 5.82 Å². The Hall–Kier alpha value is -4.21. The number of carbonyl (C=O) groups excluding carboxylic acids is 1. The predicted molar refractivity (Wildman–Crippen MR) is 137 cm³/mol. The zero-order valence-electron chi connectivity index (χ0n) is 20.6. The minimum absolute atomic E-state index is 0.128. The van der Waals surface area contributed by atoms with Crippen molar-refractivity contribution in [2.45, 2.75) is 25.8 Å². The number of fused-ring (bicyclic) bond motifs is 2. The van der Waals surface area contributed by atoms with Crippen LogP contribution in [0.2, 0.25) is 0 Å². The third kappa shape index (κ3) is 3.78. The van der Waals surface area contributed by atoms with Crippen LogP contribution >= 0.6 is 0 Å². The highest BCUT2D eigenvalue weighted by Gasteiger charge is 2.27. The maximum atomic E-state index is 13.4. The van der Waals surface area contributed by atoms with E-state index in [0.29, 0.717) is 53.9 Å². The highest BCUT2D eigenvalue weighted by molar-refractivity contribution is 5.97. The molecule has 5 rings (SSSR count). The lowest BCUT2D eigenvalue weighted by Gasteiger charge is -2.34. The summed E-state index contributed by atoms with van der Waals surface area (Å²) in [5.41, 5.74) is 0.980. The topological polar surface area (TPSA) is 109 Å². The van der Waals surface area contributed by atoms with Crippen molar-refractivity contribution in [3.63, 3.8) is 0 Å². The molecule has 186 valence electrons. The number of aromatic nitrogens is 4. The van der Waals surface area contributed by atoms with Crippen LogP contribution in [0.3, 0.4) is 0 Å². The van der Waals surface area contributed by atoms with Gasteiger partial charge in [-0.05, 0) is 44.0 Å². The van der Waals surface area contributed by atoms with E-state index in [1.807, 2.05) is 12.1 Å². The van der Waals surface area contributed by atoms with Crippen LogP contribution in [0.15, 0.2) is 46.2 Å². The van der Waals surface area contributed by atoms with Crippen LogP contribution in [-0.2, 0) is 7.05 Å². The standard InChI is InChI=1S/C26H27N5O5/c1-15(32)16-5-6-21-19(11-16)25(33)31(26(34)29(21)2)17-7-9-30(10-8-17)24-18-12-22(35-3)23(36-4)13-20(18)27-14-28-24/h5-6,11-14,17H,7-10H2,1-4H3. The van der Waals surface area contributed by atoms with Gasteiger partial charge >= 0.3 is 5.69 Å². The predicted octanol–water partition coefficient (Wildman–Crippen LogP) is 2.70. The van der Waals surface area contributed by atoms with Crippen LogP contribution in [-0.4, -0.2) is 52.2 Å². The monoisotopic (exact) mass is 489 g/mol. The van der Waals surface area contributed by atoms with E-state index in [1.54, 1.807) is 39.5 Å². The normalized spacial score (nSPS) is 14.4. The number of ketones is 1. The lowest BCUT2D eigenvalue weighted by atomic mass is 10.0. The summed E-state index contributed by atoms with van der Waals surface area (Å²) in [5.74, 6) is 1.82. The number of carbonyl (C=O) groups is 1. The second-order valence-corrected chi connectivity index (χ2v) is 8.94.